The van der Waals surface area contributed by atoms with E-state index in [2.05, 4.69) is 32.9 Å². The molecule has 3 heteroatoms. The lowest BCUT2D eigenvalue weighted by atomic mass is 10.2. The Morgan fingerprint density at radius 1 is 1.50 bits per heavy atom. The van der Waals surface area contributed by atoms with Gasteiger partial charge in [-0.15, -0.1) is 0 Å². The Morgan fingerprint density at radius 3 is 3.20 bits per heavy atom. The maximum atomic E-state index is 4.09. The van der Waals surface area contributed by atoms with Crippen molar-refractivity contribution < 1.29 is 0 Å². The summed E-state index contributed by atoms with van der Waals surface area (Å²) in [6.45, 7) is 1.07. The molecule has 0 fully saturated rings. The highest BCUT2D eigenvalue weighted by Gasteiger charge is 2.11. The Bertz CT molecular complexity index is 260. The van der Waals surface area contributed by atoms with Crippen LogP contribution in [0, 0.1) is 3.57 Å². The van der Waals surface area contributed by atoms with Gasteiger partial charge in [0.15, 0.2) is 0 Å². The molecule has 0 unspecified atom stereocenters. The molecule has 0 saturated heterocycles. The van der Waals surface area contributed by atoms with Crippen molar-refractivity contribution >= 4 is 28.3 Å². The first-order valence-electron chi connectivity index (χ1n) is 3.24. The summed E-state index contributed by atoms with van der Waals surface area (Å²) in [5.74, 6) is 0. The molecule has 0 bridgehead atoms. The van der Waals surface area contributed by atoms with Crippen molar-refractivity contribution in [2.24, 2.45) is 0 Å². The van der Waals surface area contributed by atoms with Crippen molar-refractivity contribution in [3.8, 4) is 0 Å². The van der Waals surface area contributed by atoms with Gasteiger partial charge in [-0.25, -0.2) is 0 Å². The maximum Gasteiger partial charge on any atom is 0.0570 e. The fourth-order valence-electron chi connectivity index (χ4n) is 1.19. The summed E-state index contributed by atoms with van der Waals surface area (Å²) in [5.41, 5.74) is 2.64. The molecule has 1 N–H and O–H groups in total. The molecule has 1 aliphatic heterocycles. The van der Waals surface area contributed by atoms with Crippen LogP contribution in [-0.2, 0) is 6.42 Å². The number of anilines is 1. The van der Waals surface area contributed by atoms with Gasteiger partial charge in [0.05, 0.1) is 11.9 Å². The molecule has 10 heavy (non-hydrogen) atoms. The normalized spacial score (nSPS) is 14.5. The van der Waals surface area contributed by atoms with E-state index in [0.29, 0.717) is 0 Å². The third-order valence-corrected chi connectivity index (χ3v) is 2.62. The van der Waals surface area contributed by atoms with Gasteiger partial charge in [0.1, 0.15) is 0 Å². The van der Waals surface area contributed by atoms with Crippen LogP contribution in [0.1, 0.15) is 5.56 Å². The number of aromatic nitrogens is 1. The van der Waals surface area contributed by atoms with Gasteiger partial charge < -0.3 is 5.32 Å². The SMILES string of the molecule is Ic1cncc2c1CCN2. The molecule has 0 radical (unpaired) electrons. The first-order chi connectivity index (χ1) is 4.88. The molecule has 0 aliphatic carbocycles. The fourth-order valence-corrected chi connectivity index (χ4v) is 1.91. The number of fused-ring (bicyclic) bond motifs is 1. The van der Waals surface area contributed by atoms with E-state index in [1.807, 2.05) is 12.4 Å². The number of nitrogens with one attached hydrogen (secondary N) is 1. The first kappa shape index (κ1) is 6.39. The van der Waals surface area contributed by atoms with Crippen LogP contribution < -0.4 is 5.32 Å². The molecule has 0 aromatic carbocycles. The van der Waals surface area contributed by atoms with E-state index >= 15 is 0 Å². The van der Waals surface area contributed by atoms with Crippen molar-refractivity contribution in [1.29, 1.82) is 0 Å². The second-order valence-electron chi connectivity index (χ2n) is 2.32. The molecule has 1 aromatic rings. The first-order valence-corrected chi connectivity index (χ1v) is 4.32. The van der Waals surface area contributed by atoms with Gasteiger partial charge in [0, 0.05) is 16.3 Å². The highest BCUT2D eigenvalue weighted by atomic mass is 127. The van der Waals surface area contributed by atoms with E-state index in [1.165, 1.54) is 14.8 Å². The minimum atomic E-state index is 1.07. The Balaban J connectivity index is 2.59. The third kappa shape index (κ3) is 0.885. The standard InChI is InChI=1S/C7H7IN2/c8-6-3-9-4-7-5(6)1-2-10-7/h3-4,10H,1-2H2. The lowest BCUT2D eigenvalue weighted by Crippen LogP contribution is -1.90. The number of hydrogen-bond donors (Lipinski definition) is 1. The molecular formula is C7H7IN2. The topological polar surface area (TPSA) is 24.9 Å². The zero-order chi connectivity index (χ0) is 6.97. The van der Waals surface area contributed by atoms with E-state index in [9.17, 15) is 0 Å². The second-order valence-corrected chi connectivity index (χ2v) is 3.49. The highest BCUT2D eigenvalue weighted by molar-refractivity contribution is 14.1. The molecule has 52 valence electrons. The van der Waals surface area contributed by atoms with Gasteiger partial charge in [0.2, 0.25) is 0 Å². The lowest BCUT2D eigenvalue weighted by Gasteiger charge is -1.98. The van der Waals surface area contributed by atoms with Crippen molar-refractivity contribution in [3.05, 3.63) is 21.5 Å². The molecule has 2 rings (SSSR count). The van der Waals surface area contributed by atoms with Crippen LogP contribution in [0.3, 0.4) is 0 Å². The van der Waals surface area contributed by atoms with Crippen LogP contribution >= 0.6 is 22.6 Å². The van der Waals surface area contributed by atoms with Crippen molar-refractivity contribution in [3.63, 3.8) is 0 Å². The molecule has 0 amide bonds. The molecule has 2 nitrogen and oxygen atoms in total. The summed E-state index contributed by atoms with van der Waals surface area (Å²) in [5, 5.41) is 3.27. The van der Waals surface area contributed by atoms with E-state index in [0.717, 1.165) is 13.0 Å². The average molecular weight is 246 g/mol. The van der Waals surface area contributed by atoms with Gasteiger partial charge >= 0.3 is 0 Å². The zero-order valence-electron chi connectivity index (χ0n) is 5.39. The minimum Gasteiger partial charge on any atom is -0.383 e. The lowest BCUT2D eigenvalue weighted by molar-refractivity contribution is 1.10. The van der Waals surface area contributed by atoms with Crippen LogP contribution in [0.25, 0.3) is 0 Å². The third-order valence-electron chi connectivity index (χ3n) is 1.70. The summed E-state index contributed by atoms with van der Waals surface area (Å²) >= 11 is 2.32. The van der Waals surface area contributed by atoms with Gasteiger partial charge in [0.25, 0.3) is 0 Å². The smallest absolute Gasteiger partial charge is 0.0570 e. The Kier molecular flexibility index (Phi) is 1.52. The monoisotopic (exact) mass is 246 g/mol. The molecule has 0 spiro atoms. The summed E-state index contributed by atoms with van der Waals surface area (Å²) in [6, 6.07) is 0. The van der Waals surface area contributed by atoms with Crippen molar-refractivity contribution in [2.75, 3.05) is 11.9 Å². The number of pyridine rings is 1. The minimum absolute atomic E-state index is 1.07. The van der Waals surface area contributed by atoms with Crippen LogP contribution in [0.2, 0.25) is 0 Å². The van der Waals surface area contributed by atoms with Gasteiger partial charge in [-0.1, -0.05) is 0 Å². The predicted molar refractivity (Wildman–Crippen MR) is 49.1 cm³/mol. The van der Waals surface area contributed by atoms with Crippen molar-refractivity contribution in [1.82, 2.24) is 4.98 Å². The summed E-state index contributed by atoms with van der Waals surface area (Å²) < 4.78 is 1.28. The Morgan fingerprint density at radius 2 is 2.40 bits per heavy atom. The molecule has 2 heterocycles. The van der Waals surface area contributed by atoms with Crippen LogP contribution in [-0.4, -0.2) is 11.5 Å². The fraction of sp³-hybridized carbons (Fsp3) is 0.286. The Labute approximate surface area is 73.2 Å². The van der Waals surface area contributed by atoms with Crippen LogP contribution in [0.4, 0.5) is 5.69 Å². The van der Waals surface area contributed by atoms with Crippen molar-refractivity contribution in [2.45, 2.75) is 6.42 Å². The number of halogens is 1. The second kappa shape index (κ2) is 2.38. The summed E-state index contributed by atoms with van der Waals surface area (Å²) in [4.78, 5) is 4.09. The van der Waals surface area contributed by atoms with Gasteiger partial charge in [-0.3, -0.25) is 4.98 Å². The largest absolute Gasteiger partial charge is 0.383 e. The molecule has 1 aromatic heterocycles. The van der Waals surface area contributed by atoms with Gasteiger partial charge in [-0.2, -0.15) is 0 Å². The number of hydrogen-bond acceptors (Lipinski definition) is 2. The van der Waals surface area contributed by atoms with E-state index in [-0.39, 0.29) is 0 Å². The van der Waals surface area contributed by atoms with Gasteiger partial charge in [-0.05, 0) is 34.6 Å². The maximum absolute atomic E-state index is 4.09. The number of rotatable bonds is 0. The highest BCUT2D eigenvalue weighted by Crippen LogP contribution is 2.24. The molecular weight excluding hydrogens is 239 g/mol. The molecule has 0 atom stereocenters. The number of nitrogens with zero attached hydrogens (tertiary/aromatic N) is 1. The van der Waals surface area contributed by atoms with Crippen LogP contribution in [0.15, 0.2) is 12.4 Å². The van der Waals surface area contributed by atoms with E-state index < -0.39 is 0 Å². The van der Waals surface area contributed by atoms with Crippen LogP contribution in [0.5, 0.6) is 0 Å². The Hall–Kier alpha value is -0.320. The zero-order valence-corrected chi connectivity index (χ0v) is 7.55. The van der Waals surface area contributed by atoms with E-state index in [1.54, 1.807) is 0 Å². The predicted octanol–water partition coefficient (Wildman–Crippen LogP) is 1.65. The summed E-state index contributed by atoms with van der Waals surface area (Å²) in [7, 11) is 0. The molecule has 1 aliphatic rings. The summed E-state index contributed by atoms with van der Waals surface area (Å²) in [6.07, 6.45) is 4.95. The molecule has 0 saturated carbocycles. The van der Waals surface area contributed by atoms with E-state index in [4.69, 9.17) is 0 Å². The quantitative estimate of drug-likeness (QED) is 0.704. The average Bonchev–Trinajstić information content (AvgIpc) is 2.36.